The molecule has 3 N–H and O–H groups in total. The van der Waals surface area contributed by atoms with E-state index < -0.39 is 6.17 Å². The van der Waals surface area contributed by atoms with Gasteiger partial charge in [0.05, 0.1) is 0 Å². The zero-order valence-electron chi connectivity index (χ0n) is 5.60. The lowest BCUT2D eigenvalue weighted by molar-refractivity contribution is 0.280. The van der Waals surface area contributed by atoms with E-state index in [9.17, 15) is 4.39 Å². The summed E-state index contributed by atoms with van der Waals surface area (Å²) in [6.45, 7) is 2.91. The summed E-state index contributed by atoms with van der Waals surface area (Å²) in [6, 6.07) is 0.194. The second kappa shape index (κ2) is 2.62. The Bertz CT molecular complexity index is 97.1. The molecule has 0 bridgehead atoms. The van der Waals surface area contributed by atoms with E-state index in [2.05, 4.69) is 5.32 Å². The third kappa shape index (κ3) is 1.22. The van der Waals surface area contributed by atoms with Gasteiger partial charge < -0.3 is 11.1 Å². The minimum Gasteiger partial charge on any atom is -0.329 e. The van der Waals surface area contributed by atoms with Gasteiger partial charge in [0.1, 0.15) is 6.17 Å². The summed E-state index contributed by atoms with van der Waals surface area (Å²) in [7, 11) is 0. The van der Waals surface area contributed by atoms with E-state index in [0.717, 1.165) is 0 Å². The number of halogens is 1. The maximum atomic E-state index is 12.6. The van der Waals surface area contributed by atoms with Gasteiger partial charge in [-0.25, -0.2) is 4.39 Å². The van der Waals surface area contributed by atoms with Crippen LogP contribution in [0.5, 0.6) is 0 Å². The molecule has 1 rings (SSSR count). The first-order valence-corrected chi connectivity index (χ1v) is 3.33. The van der Waals surface area contributed by atoms with Crippen molar-refractivity contribution in [1.29, 1.82) is 0 Å². The van der Waals surface area contributed by atoms with Gasteiger partial charge in [0.15, 0.2) is 0 Å². The van der Waals surface area contributed by atoms with E-state index >= 15 is 0 Å². The number of nitrogens with two attached hydrogens (primary N) is 1. The monoisotopic (exact) mass is 132 g/mol. The average molecular weight is 132 g/mol. The predicted molar refractivity (Wildman–Crippen MR) is 34.9 cm³/mol. The first kappa shape index (κ1) is 6.96. The van der Waals surface area contributed by atoms with Crippen LogP contribution in [0.2, 0.25) is 0 Å². The van der Waals surface area contributed by atoms with Crippen LogP contribution in [0.3, 0.4) is 0 Å². The first-order valence-electron chi connectivity index (χ1n) is 3.33. The van der Waals surface area contributed by atoms with Crippen LogP contribution < -0.4 is 11.1 Å². The van der Waals surface area contributed by atoms with Crippen LogP contribution in [0.25, 0.3) is 0 Å². The molecule has 0 radical (unpaired) electrons. The molecule has 1 saturated heterocycles. The topological polar surface area (TPSA) is 38.0 Å². The maximum absolute atomic E-state index is 12.6. The van der Waals surface area contributed by atoms with Gasteiger partial charge in [0.25, 0.3) is 0 Å². The van der Waals surface area contributed by atoms with Crippen molar-refractivity contribution < 1.29 is 4.39 Å². The fraction of sp³-hybridized carbons (Fsp3) is 1.00. The van der Waals surface area contributed by atoms with Crippen molar-refractivity contribution in [3.8, 4) is 0 Å². The minimum absolute atomic E-state index is 0.0926. The molecular weight excluding hydrogens is 119 g/mol. The summed E-state index contributed by atoms with van der Waals surface area (Å²) in [4.78, 5) is 0. The third-order valence-electron chi connectivity index (χ3n) is 2.03. The van der Waals surface area contributed by atoms with Crippen LogP contribution in [-0.2, 0) is 0 Å². The van der Waals surface area contributed by atoms with Gasteiger partial charge in [-0.3, -0.25) is 0 Å². The van der Waals surface area contributed by atoms with Gasteiger partial charge in [0.2, 0.25) is 0 Å². The summed E-state index contributed by atoms with van der Waals surface area (Å²) < 4.78 is 12.6. The molecule has 0 spiro atoms. The fourth-order valence-corrected chi connectivity index (χ4v) is 1.19. The Hall–Kier alpha value is -0.150. The summed E-state index contributed by atoms with van der Waals surface area (Å²) >= 11 is 0. The van der Waals surface area contributed by atoms with Crippen molar-refractivity contribution in [2.45, 2.75) is 19.1 Å². The van der Waals surface area contributed by atoms with Gasteiger partial charge in [-0.15, -0.1) is 0 Å². The Morgan fingerprint density at radius 2 is 2.44 bits per heavy atom. The van der Waals surface area contributed by atoms with Crippen LogP contribution in [0.15, 0.2) is 0 Å². The van der Waals surface area contributed by atoms with Gasteiger partial charge in [-0.2, -0.15) is 0 Å². The highest BCUT2D eigenvalue weighted by Crippen LogP contribution is 2.16. The molecule has 2 nitrogen and oxygen atoms in total. The summed E-state index contributed by atoms with van der Waals surface area (Å²) in [5.74, 6) is 0.0926. The molecule has 1 aliphatic heterocycles. The van der Waals surface area contributed by atoms with E-state index in [1.54, 1.807) is 0 Å². The number of hydrogen-bond acceptors (Lipinski definition) is 2. The van der Waals surface area contributed by atoms with Gasteiger partial charge in [0, 0.05) is 25.0 Å². The predicted octanol–water partition coefficient (Wildman–Crippen LogP) is -0.109. The van der Waals surface area contributed by atoms with Crippen LogP contribution in [0.1, 0.15) is 6.92 Å². The highest BCUT2D eigenvalue weighted by Gasteiger charge is 2.30. The minimum atomic E-state index is -0.696. The SMILES string of the molecule is CC1C(F)CNC1CN. The highest BCUT2D eigenvalue weighted by molar-refractivity contribution is 4.88. The van der Waals surface area contributed by atoms with Crippen LogP contribution in [-0.4, -0.2) is 25.3 Å². The lowest BCUT2D eigenvalue weighted by Gasteiger charge is -2.12. The van der Waals surface area contributed by atoms with E-state index in [4.69, 9.17) is 5.73 Å². The number of hydrogen-bond donors (Lipinski definition) is 2. The van der Waals surface area contributed by atoms with Crippen LogP contribution in [0, 0.1) is 5.92 Å². The Balaban J connectivity index is 2.41. The smallest absolute Gasteiger partial charge is 0.117 e. The maximum Gasteiger partial charge on any atom is 0.117 e. The van der Waals surface area contributed by atoms with E-state index in [1.807, 2.05) is 6.92 Å². The summed E-state index contributed by atoms with van der Waals surface area (Å²) in [5, 5.41) is 3.01. The Morgan fingerprint density at radius 1 is 1.78 bits per heavy atom. The Kier molecular flexibility index (Phi) is 2.03. The molecule has 0 amide bonds. The first-order chi connectivity index (χ1) is 4.25. The molecule has 3 heteroatoms. The van der Waals surface area contributed by atoms with Crippen molar-refractivity contribution in [2.75, 3.05) is 13.1 Å². The number of nitrogens with one attached hydrogen (secondary N) is 1. The Morgan fingerprint density at radius 3 is 2.67 bits per heavy atom. The van der Waals surface area contributed by atoms with Crippen LogP contribution >= 0.6 is 0 Å². The zero-order chi connectivity index (χ0) is 6.85. The second-order valence-electron chi connectivity index (χ2n) is 2.63. The van der Waals surface area contributed by atoms with E-state index in [-0.39, 0.29) is 12.0 Å². The highest BCUT2D eigenvalue weighted by atomic mass is 19.1. The molecule has 0 aromatic heterocycles. The van der Waals surface area contributed by atoms with Gasteiger partial charge in [-0.1, -0.05) is 6.92 Å². The fourth-order valence-electron chi connectivity index (χ4n) is 1.19. The molecule has 3 unspecified atom stereocenters. The van der Waals surface area contributed by atoms with Crippen LogP contribution in [0.4, 0.5) is 4.39 Å². The molecule has 1 aliphatic rings. The molecule has 1 fully saturated rings. The quantitative estimate of drug-likeness (QED) is 0.522. The molecule has 0 aromatic rings. The molecule has 3 atom stereocenters. The lowest BCUT2D eigenvalue weighted by Crippen LogP contribution is -2.34. The number of rotatable bonds is 1. The summed E-state index contributed by atoms with van der Waals surface area (Å²) in [6.07, 6.45) is -0.696. The van der Waals surface area contributed by atoms with Crippen molar-refractivity contribution in [3.05, 3.63) is 0 Å². The molecule has 0 aromatic carbocycles. The average Bonchev–Trinajstić information content (AvgIpc) is 2.15. The largest absolute Gasteiger partial charge is 0.329 e. The van der Waals surface area contributed by atoms with Gasteiger partial charge >= 0.3 is 0 Å². The Labute approximate surface area is 54.6 Å². The van der Waals surface area contributed by atoms with Crippen molar-refractivity contribution in [2.24, 2.45) is 11.7 Å². The van der Waals surface area contributed by atoms with Crippen molar-refractivity contribution in [1.82, 2.24) is 5.32 Å². The van der Waals surface area contributed by atoms with Crippen molar-refractivity contribution >= 4 is 0 Å². The van der Waals surface area contributed by atoms with E-state index in [1.165, 1.54) is 0 Å². The van der Waals surface area contributed by atoms with E-state index in [0.29, 0.717) is 13.1 Å². The van der Waals surface area contributed by atoms with Crippen molar-refractivity contribution in [3.63, 3.8) is 0 Å². The number of alkyl halides is 1. The standard InChI is InChI=1S/C6H13FN2/c1-4-5(7)3-9-6(4)2-8/h4-6,9H,2-3,8H2,1H3. The lowest BCUT2D eigenvalue weighted by atomic mass is 10.0. The van der Waals surface area contributed by atoms with Gasteiger partial charge in [-0.05, 0) is 0 Å². The zero-order valence-corrected chi connectivity index (χ0v) is 5.60. The molecule has 1 heterocycles. The molecule has 0 saturated carbocycles. The summed E-state index contributed by atoms with van der Waals surface area (Å²) in [5.41, 5.74) is 5.36. The molecule has 54 valence electrons. The normalized spacial score (nSPS) is 43.7. The molecule has 0 aliphatic carbocycles. The molecular formula is C6H13FN2. The molecule has 9 heavy (non-hydrogen) atoms. The second-order valence-corrected chi connectivity index (χ2v) is 2.63. The third-order valence-corrected chi connectivity index (χ3v) is 2.03.